The van der Waals surface area contributed by atoms with Gasteiger partial charge in [-0.25, -0.2) is 0 Å². The van der Waals surface area contributed by atoms with Crippen LogP contribution in [0.15, 0.2) is 59.7 Å². The zero-order chi connectivity index (χ0) is 11.7. The van der Waals surface area contributed by atoms with Gasteiger partial charge in [0.1, 0.15) is 0 Å². The molecule has 2 heterocycles. The lowest BCUT2D eigenvalue weighted by Gasteiger charge is -2.04. The molecule has 3 heteroatoms. The van der Waals surface area contributed by atoms with Gasteiger partial charge in [0, 0.05) is 28.9 Å². The summed E-state index contributed by atoms with van der Waals surface area (Å²) in [6, 6.07) is 13.3. The summed E-state index contributed by atoms with van der Waals surface area (Å²) in [4.78, 5) is 18.8. The number of nitrogens with one attached hydrogen (secondary N) is 1. The molecule has 1 aromatic carbocycles. The van der Waals surface area contributed by atoms with E-state index in [2.05, 4.69) is 9.97 Å². The van der Waals surface area contributed by atoms with Crippen molar-refractivity contribution in [3.05, 3.63) is 65.2 Å². The van der Waals surface area contributed by atoms with Gasteiger partial charge in [0.05, 0.1) is 5.52 Å². The summed E-state index contributed by atoms with van der Waals surface area (Å²) < 4.78 is 0. The Morgan fingerprint density at radius 1 is 0.941 bits per heavy atom. The van der Waals surface area contributed by atoms with Gasteiger partial charge in [0.15, 0.2) is 0 Å². The Bertz CT molecular complexity index is 726. The third-order valence-corrected chi connectivity index (χ3v) is 2.74. The van der Waals surface area contributed by atoms with Crippen LogP contribution in [0, 0.1) is 0 Å². The van der Waals surface area contributed by atoms with Crippen molar-refractivity contribution >= 4 is 10.9 Å². The van der Waals surface area contributed by atoms with E-state index in [0.717, 1.165) is 16.5 Å². The number of hydrogen-bond donors (Lipinski definition) is 1. The third-order valence-electron chi connectivity index (χ3n) is 2.74. The molecule has 0 saturated heterocycles. The fraction of sp³-hybridized carbons (Fsp3) is 0. The predicted molar refractivity (Wildman–Crippen MR) is 67.8 cm³/mol. The second kappa shape index (κ2) is 3.87. The molecular weight excluding hydrogens is 212 g/mol. The molecule has 0 bridgehead atoms. The Labute approximate surface area is 97.8 Å². The highest BCUT2D eigenvalue weighted by Gasteiger charge is 2.06. The van der Waals surface area contributed by atoms with Gasteiger partial charge < -0.3 is 4.98 Å². The molecule has 0 saturated carbocycles. The van der Waals surface area contributed by atoms with Crippen LogP contribution < -0.4 is 5.56 Å². The van der Waals surface area contributed by atoms with Crippen LogP contribution in [0.5, 0.6) is 0 Å². The van der Waals surface area contributed by atoms with E-state index in [1.165, 1.54) is 0 Å². The topological polar surface area (TPSA) is 45.8 Å². The second-order valence-corrected chi connectivity index (χ2v) is 3.79. The molecule has 0 fully saturated rings. The molecule has 3 aromatic rings. The first-order valence-corrected chi connectivity index (χ1v) is 5.38. The Kier molecular flexibility index (Phi) is 2.22. The Balaban J connectivity index is 2.39. The number of pyridine rings is 2. The molecule has 2 aromatic heterocycles. The van der Waals surface area contributed by atoms with Gasteiger partial charge in [-0.2, -0.15) is 0 Å². The van der Waals surface area contributed by atoms with Gasteiger partial charge in [-0.05, 0) is 18.2 Å². The molecule has 0 amide bonds. The second-order valence-electron chi connectivity index (χ2n) is 3.79. The molecule has 3 nitrogen and oxygen atoms in total. The molecule has 0 aliphatic heterocycles. The standard InChI is InChI=1S/C14H10N2O/c17-14-12(7-3-9-16-14)11-6-1-4-10-5-2-8-15-13(10)11/h1-9H,(H,16,17). The summed E-state index contributed by atoms with van der Waals surface area (Å²) in [6.07, 6.45) is 3.37. The van der Waals surface area contributed by atoms with Crippen LogP contribution in [0.25, 0.3) is 22.0 Å². The van der Waals surface area contributed by atoms with E-state index in [1.54, 1.807) is 12.4 Å². The summed E-state index contributed by atoms with van der Waals surface area (Å²) >= 11 is 0. The zero-order valence-electron chi connectivity index (χ0n) is 9.05. The summed E-state index contributed by atoms with van der Waals surface area (Å²) in [6.45, 7) is 0. The van der Waals surface area contributed by atoms with Gasteiger partial charge in [-0.1, -0.05) is 24.3 Å². The van der Waals surface area contributed by atoms with Crippen LogP contribution in [-0.2, 0) is 0 Å². The largest absolute Gasteiger partial charge is 0.329 e. The average Bonchev–Trinajstić information content (AvgIpc) is 2.39. The van der Waals surface area contributed by atoms with Crippen molar-refractivity contribution < 1.29 is 0 Å². The number of fused-ring (bicyclic) bond motifs is 1. The number of aromatic nitrogens is 2. The van der Waals surface area contributed by atoms with E-state index in [0.29, 0.717) is 5.56 Å². The normalized spacial score (nSPS) is 10.6. The smallest absolute Gasteiger partial charge is 0.255 e. The monoisotopic (exact) mass is 222 g/mol. The maximum Gasteiger partial charge on any atom is 0.255 e. The van der Waals surface area contributed by atoms with Crippen molar-refractivity contribution in [1.29, 1.82) is 0 Å². The van der Waals surface area contributed by atoms with Crippen molar-refractivity contribution in [2.45, 2.75) is 0 Å². The highest BCUT2D eigenvalue weighted by Crippen LogP contribution is 2.23. The molecule has 0 aliphatic carbocycles. The Morgan fingerprint density at radius 2 is 1.76 bits per heavy atom. The highest BCUT2D eigenvalue weighted by molar-refractivity contribution is 5.93. The van der Waals surface area contributed by atoms with Gasteiger partial charge >= 0.3 is 0 Å². The van der Waals surface area contributed by atoms with Gasteiger partial charge in [0.2, 0.25) is 0 Å². The first kappa shape index (κ1) is 9.78. The van der Waals surface area contributed by atoms with Crippen molar-refractivity contribution in [3.63, 3.8) is 0 Å². The van der Waals surface area contributed by atoms with E-state index in [9.17, 15) is 4.79 Å². The summed E-state index contributed by atoms with van der Waals surface area (Å²) in [7, 11) is 0. The van der Waals surface area contributed by atoms with Gasteiger partial charge in [-0.3, -0.25) is 9.78 Å². The van der Waals surface area contributed by atoms with Crippen molar-refractivity contribution in [3.8, 4) is 11.1 Å². The maximum atomic E-state index is 11.8. The number of benzene rings is 1. The molecule has 82 valence electrons. The number of aromatic amines is 1. The van der Waals surface area contributed by atoms with Gasteiger partial charge in [-0.15, -0.1) is 0 Å². The van der Waals surface area contributed by atoms with E-state index in [-0.39, 0.29) is 5.56 Å². The van der Waals surface area contributed by atoms with Gasteiger partial charge in [0.25, 0.3) is 5.56 Å². The van der Waals surface area contributed by atoms with Crippen LogP contribution >= 0.6 is 0 Å². The number of rotatable bonds is 1. The lowest BCUT2D eigenvalue weighted by atomic mass is 10.0. The minimum atomic E-state index is -0.0920. The van der Waals surface area contributed by atoms with Crippen LogP contribution in [0.1, 0.15) is 0 Å². The molecular formula is C14H10N2O. The van der Waals surface area contributed by atoms with Crippen molar-refractivity contribution in [2.75, 3.05) is 0 Å². The quantitative estimate of drug-likeness (QED) is 0.687. The molecule has 0 unspecified atom stereocenters. The van der Waals surface area contributed by atoms with Crippen LogP contribution in [0.3, 0.4) is 0 Å². The minimum absolute atomic E-state index is 0.0920. The summed E-state index contributed by atoms with van der Waals surface area (Å²) in [5.74, 6) is 0. The Morgan fingerprint density at radius 3 is 2.65 bits per heavy atom. The first-order chi connectivity index (χ1) is 8.36. The van der Waals surface area contributed by atoms with Crippen LogP contribution in [-0.4, -0.2) is 9.97 Å². The Hall–Kier alpha value is -2.42. The molecule has 0 spiro atoms. The predicted octanol–water partition coefficient (Wildman–Crippen LogP) is 2.59. The maximum absolute atomic E-state index is 11.8. The molecule has 0 aliphatic rings. The first-order valence-electron chi connectivity index (χ1n) is 5.38. The fourth-order valence-electron chi connectivity index (χ4n) is 1.96. The molecule has 1 N–H and O–H groups in total. The van der Waals surface area contributed by atoms with E-state index in [4.69, 9.17) is 0 Å². The number of nitrogens with zero attached hydrogens (tertiary/aromatic N) is 1. The molecule has 17 heavy (non-hydrogen) atoms. The zero-order valence-corrected chi connectivity index (χ0v) is 9.05. The molecule has 3 rings (SSSR count). The third kappa shape index (κ3) is 1.61. The number of H-pyrrole nitrogens is 1. The van der Waals surface area contributed by atoms with E-state index < -0.39 is 0 Å². The highest BCUT2D eigenvalue weighted by atomic mass is 16.1. The molecule has 0 radical (unpaired) electrons. The average molecular weight is 222 g/mol. The van der Waals surface area contributed by atoms with Crippen molar-refractivity contribution in [2.24, 2.45) is 0 Å². The van der Waals surface area contributed by atoms with Crippen LogP contribution in [0.2, 0.25) is 0 Å². The lowest BCUT2D eigenvalue weighted by molar-refractivity contribution is 1.24. The summed E-state index contributed by atoms with van der Waals surface area (Å²) in [5.41, 5.74) is 2.28. The van der Waals surface area contributed by atoms with E-state index >= 15 is 0 Å². The fourth-order valence-corrected chi connectivity index (χ4v) is 1.96. The number of para-hydroxylation sites is 1. The molecule has 0 atom stereocenters. The lowest BCUT2D eigenvalue weighted by Crippen LogP contribution is -2.07. The SMILES string of the molecule is O=c1[nH]cccc1-c1cccc2cccnc12. The minimum Gasteiger partial charge on any atom is -0.329 e. The van der Waals surface area contributed by atoms with E-state index in [1.807, 2.05) is 42.5 Å². The number of hydrogen-bond acceptors (Lipinski definition) is 2. The van der Waals surface area contributed by atoms with Crippen LogP contribution in [0.4, 0.5) is 0 Å². The summed E-state index contributed by atoms with van der Waals surface area (Å²) in [5, 5.41) is 1.04. The van der Waals surface area contributed by atoms with Crippen molar-refractivity contribution in [1.82, 2.24) is 9.97 Å².